The third kappa shape index (κ3) is 10.2. The largest absolute Gasteiger partial charge is 0.444 e. The summed E-state index contributed by atoms with van der Waals surface area (Å²) >= 11 is 0. The Morgan fingerprint density at radius 3 is 2.12 bits per heavy atom. The lowest BCUT2D eigenvalue weighted by Gasteiger charge is -2.26. The molecule has 0 bridgehead atoms. The molecule has 0 aromatic carbocycles. The Balaban J connectivity index is 0. The van der Waals surface area contributed by atoms with Crippen LogP contribution in [-0.4, -0.2) is 35.8 Å². The molecule has 0 radical (unpaired) electrons. The Morgan fingerprint density at radius 2 is 1.81 bits per heavy atom. The molecule has 0 aromatic rings. The lowest BCUT2D eigenvalue weighted by atomic mass is 10.2. The van der Waals surface area contributed by atoms with Crippen molar-refractivity contribution in [3.8, 4) is 0 Å². The lowest BCUT2D eigenvalue weighted by molar-refractivity contribution is 0.0299. The summed E-state index contributed by atoms with van der Waals surface area (Å²) in [6, 6.07) is 0. The van der Waals surface area contributed by atoms with Crippen molar-refractivity contribution in [2.24, 2.45) is 0 Å². The van der Waals surface area contributed by atoms with Crippen molar-refractivity contribution in [3.05, 3.63) is 0 Å². The van der Waals surface area contributed by atoms with Gasteiger partial charge in [0.05, 0.1) is 0 Å². The second kappa shape index (κ2) is 8.81. The van der Waals surface area contributed by atoms with Crippen LogP contribution in [0.1, 0.15) is 48.0 Å². The van der Waals surface area contributed by atoms with Crippen molar-refractivity contribution < 1.29 is 9.53 Å². The van der Waals surface area contributed by atoms with Crippen LogP contribution in [0.25, 0.3) is 0 Å². The molecule has 0 heterocycles. The van der Waals surface area contributed by atoms with Crippen molar-refractivity contribution in [2.75, 3.05) is 13.6 Å². The van der Waals surface area contributed by atoms with E-state index in [9.17, 15) is 4.79 Å². The summed E-state index contributed by atoms with van der Waals surface area (Å²) in [4.78, 5) is 13.1. The molecule has 2 unspecified atom stereocenters. The zero-order chi connectivity index (χ0) is 13.4. The van der Waals surface area contributed by atoms with E-state index in [1.165, 1.54) is 0 Å². The number of ether oxygens (including phenoxy) is 1. The van der Waals surface area contributed by atoms with Crippen LogP contribution in [0.2, 0.25) is 0 Å². The topological polar surface area (TPSA) is 29.5 Å². The van der Waals surface area contributed by atoms with Crippen molar-refractivity contribution in [1.82, 2.24) is 4.90 Å². The Morgan fingerprint density at radius 1 is 1.38 bits per heavy atom. The first-order valence-corrected chi connectivity index (χ1v) is 6.62. The molecule has 0 spiro atoms. The third-order valence-electron chi connectivity index (χ3n) is 1.74. The minimum atomic E-state index is -0.409. The van der Waals surface area contributed by atoms with Gasteiger partial charge in [-0.3, -0.25) is 0 Å². The molecule has 0 fully saturated rings. The van der Waals surface area contributed by atoms with Crippen LogP contribution in [0.3, 0.4) is 0 Å². The fraction of sp³-hybridized carbons (Fsp3) is 0.917. The van der Waals surface area contributed by atoms with Gasteiger partial charge in [0, 0.05) is 13.6 Å². The van der Waals surface area contributed by atoms with Gasteiger partial charge in [0.15, 0.2) is 0 Å². The first-order chi connectivity index (χ1) is 7.26. The third-order valence-corrected chi connectivity index (χ3v) is 2.42. The van der Waals surface area contributed by atoms with Crippen LogP contribution in [0.15, 0.2) is 0 Å². The molecule has 0 aliphatic rings. The summed E-state index contributed by atoms with van der Waals surface area (Å²) in [5.74, 6) is 0. The molecule has 0 saturated carbocycles. The molecule has 16 heavy (non-hydrogen) atoms. The molecule has 0 N–H and O–H groups in total. The summed E-state index contributed by atoms with van der Waals surface area (Å²) in [6.07, 6.45) is 0.788. The molecule has 0 aliphatic carbocycles. The average Bonchev–Trinajstić information content (AvgIpc) is 2.18. The van der Waals surface area contributed by atoms with Gasteiger partial charge in [0.2, 0.25) is 0 Å². The van der Waals surface area contributed by atoms with E-state index >= 15 is 0 Å². The number of rotatable bonds is 3. The van der Waals surface area contributed by atoms with Gasteiger partial charge in [-0.25, -0.2) is 4.79 Å². The highest BCUT2D eigenvalue weighted by molar-refractivity contribution is 7.17. The van der Waals surface area contributed by atoms with Gasteiger partial charge >= 0.3 is 6.09 Å². The highest BCUT2D eigenvalue weighted by Gasteiger charge is 2.20. The van der Waals surface area contributed by atoms with Gasteiger partial charge in [0.25, 0.3) is 0 Å². The Labute approximate surface area is 103 Å². The average molecular weight is 249 g/mol. The number of hydrogen-bond donors (Lipinski definition) is 0. The quantitative estimate of drug-likeness (QED) is 0.716. The van der Waals surface area contributed by atoms with Gasteiger partial charge in [-0.2, -0.15) is 0 Å². The first-order valence-electron chi connectivity index (χ1n) is 5.96. The number of carbonyl (C=O) groups excluding carboxylic acids is 1. The van der Waals surface area contributed by atoms with Crippen LogP contribution in [0, 0.1) is 0 Å². The van der Waals surface area contributed by atoms with E-state index in [4.69, 9.17) is 4.74 Å². The maximum absolute atomic E-state index is 11.5. The normalized spacial score (nSPS) is 12.2. The first kappa shape index (κ1) is 18.1. The van der Waals surface area contributed by atoms with Crippen molar-refractivity contribution >= 4 is 15.3 Å². The predicted molar refractivity (Wildman–Crippen MR) is 74.0 cm³/mol. The molecule has 4 heteroatoms. The molecule has 0 rings (SSSR count). The van der Waals surface area contributed by atoms with Gasteiger partial charge in [-0.05, 0) is 32.9 Å². The molecular formula is C12H28NO2P. The fourth-order valence-corrected chi connectivity index (χ4v) is 1.21. The number of nitrogens with zero attached hydrogens (tertiary/aromatic N) is 1. The molecule has 2 atom stereocenters. The van der Waals surface area contributed by atoms with E-state index in [0.717, 1.165) is 13.0 Å². The highest BCUT2D eigenvalue weighted by Crippen LogP contribution is 2.11. The van der Waals surface area contributed by atoms with Crippen LogP contribution < -0.4 is 0 Å². The van der Waals surface area contributed by atoms with Crippen molar-refractivity contribution in [3.63, 3.8) is 0 Å². The van der Waals surface area contributed by atoms with E-state index < -0.39 is 5.60 Å². The van der Waals surface area contributed by atoms with Crippen LogP contribution >= 0.6 is 9.24 Å². The van der Waals surface area contributed by atoms with Crippen molar-refractivity contribution in [1.29, 1.82) is 0 Å². The SMILES string of the molecule is CC.CCC(P)CN(C)C(=O)OC(C)(C)C. The minimum Gasteiger partial charge on any atom is -0.444 e. The molecular weight excluding hydrogens is 221 g/mol. The molecule has 3 nitrogen and oxygen atoms in total. The van der Waals surface area contributed by atoms with Gasteiger partial charge in [0.1, 0.15) is 5.60 Å². The van der Waals surface area contributed by atoms with E-state index in [1.54, 1.807) is 11.9 Å². The lowest BCUT2D eigenvalue weighted by Crippen LogP contribution is -2.37. The summed E-state index contributed by atoms with van der Waals surface area (Å²) < 4.78 is 5.22. The summed E-state index contributed by atoms with van der Waals surface area (Å²) in [5, 5.41) is 0. The van der Waals surface area contributed by atoms with Gasteiger partial charge in [-0.15, -0.1) is 9.24 Å². The second-order valence-corrected chi connectivity index (χ2v) is 5.47. The zero-order valence-corrected chi connectivity index (χ0v) is 13.0. The highest BCUT2D eigenvalue weighted by atomic mass is 31.0. The van der Waals surface area contributed by atoms with E-state index in [-0.39, 0.29) is 6.09 Å². The molecule has 98 valence electrons. The smallest absolute Gasteiger partial charge is 0.410 e. The second-order valence-electron chi connectivity index (χ2n) is 4.53. The van der Waals surface area contributed by atoms with Gasteiger partial charge < -0.3 is 9.64 Å². The van der Waals surface area contributed by atoms with Gasteiger partial charge in [-0.1, -0.05) is 20.8 Å². The summed E-state index contributed by atoms with van der Waals surface area (Å²) in [6.45, 7) is 12.4. The Hall–Kier alpha value is -0.300. The predicted octanol–water partition coefficient (Wildman–Crippen LogP) is 3.53. The zero-order valence-electron chi connectivity index (χ0n) is 11.8. The molecule has 0 saturated heterocycles. The number of amides is 1. The molecule has 0 aliphatic heterocycles. The maximum Gasteiger partial charge on any atom is 0.410 e. The maximum atomic E-state index is 11.5. The van der Waals surface area contributed by atoms with E-state index in [2.05, 4.69) is 16.2 Å². The summed E-state index contributed by atoms with van der Waals surface area (Å²) in [7, 11) is 4.49. The van der Waals surface area contributed by atoms with E-state index in [1.807, 2.05) is 34.6 Å². The fourth-order valence-electron chi connectivity index (χ4n) is 0.895. The van der Waals surface area contributed by atoms with Crippen LogP contribution in [0.5, 0.6) is 0 Å². The monoisotopic (exact) mass is 249 g/mol. The molecule has 1 amide bonds. The molecule has 0 aromatic heterocycles. The standard InChI is InChI=1S/C10H22NO2P.C2H6/c1-6-8(14)7-11(5)9(12)13-10(2,3)4;1-2/h8H,6-7,14H2,1-5H3;1-2H3. The Bertz CT molecular complexity index is 190. The van der Waals surface area contributed by atoms with Crippen LogP contribution in [0.4, 0.5) is 4.79 Å². The van der Waals surface area contributed by atoms with Crippen molar-refractivity contribution in [2.45, 2.75) is 59.2 Å². The number of hydrogen-bond acceptors (Lipinski definition) is 2. The summed E-state index contributed by atoms with van der Waals surface area (Å²) in [5.41, 5.74) is 0.0287. The van der Waals surface area contributed by atoms with Crippen LogP contribution in [-0.2, 0) is 4.74 Å². The number of carbonyl (C=O) groups is 1. The minimum absolute atomic E-state index is 0.251. The Kier molecular flexibility index (Phi) is 9.95. The van der Waals surface area contributed by atoms with E-state index in [0.29, 0.717) is 5.66 Å².